The minimum absolute atomic E-state index is 0.0880. The standard InChI is InChI=1S/C26H21BrFNOS/c1-31-23-9-4-17(5-10-23)12-19-13-20(25-15-22(28)8-11-24(19)25)14-26(30)29-16-18-2-6-21(27)7-3-18/h2-13,15H,14,16H2,1H3,(H,29,30)/b19-12+. The Kier molecular flexibility index (Phi) is 6.73. The molecule has 3 aromatic rings. The maximum absolute atomic E-state index is 14.0. The fraction of sp³-hybridized carbons (Fsp3) is 0.115. The third kappa shape index (κ3) is 5.35. The molecule has 0 saturated heterocycles. The number of carbonyl (C=O) groups excluding carboxylic acids is 1. The number of halogens is 2. The van der Waals surface area contributed by atoms with Gasteiger partial charge in [0.25, 0.3) is 0 Å². The Hall–Kier alpha value is -2.63. The number of fused-ring (bicyclic) bond motifs is 1. The summed E-state index contributed by atoms with van der Waals surface area (Å²) in [5.74, 6) is -0.388. The molecule has 2 nitrogen and oxygen atoms in total. The van der Waals surface area contributed by atoms with Crippen molar-refractivity contribution in [3.8, 4) is 0 Å². The second kappa shape index (κ2) is 9.67. The number of carbonyl (C=O) groups is 1. The van der Waals surface area contributed by atoms with Crippen LogP contribution in [-0.4, -0.2) is 12.2 Å². The van der Waals surface area contributed by atoms with E-state index in [9.17, 15) is 9.18 Å². The van der Waals surface area contributed by atoms with Gasteiger partial charge in [-0.3, -0.25) is 4.79 Å². The molecule has 1 N–H and O–H groups in total. The molecule has 0 unspecified atom stereocenters. The molecular weight excluding hydrogens is 473 g/mol. The third-order valence-corrected chi connectivity index (χ3v) is 6.43. The maximum atomic E-state index is 14.0. The lowest BCUT2D eigenvalue weighted by Gasteiger charge is -2.08. The summed E-state index contributed by atoms with van der Waals surface area (Å²) in [5, 5.41) is 2.96. The second-order valence-corrected chi connectivity index (χ2v) is 9.11. The van der Waals surface area contributed by atoms with Crippen LogP contribution >= 0.6 is 27.7 Å². The number of rotatable bonds is 6. The third-order valence-electron chi connectivity index (χ3n) is 5.16. The Morgan fingerprint density at radius 2 is 1.77 bits per heavy atom. The van der Waals surface area contributed by atoms with Gasteiger partial charge in [-0.15, -0.1) is 11.8 Å². The normalized spacial score (nSPS) is 13.8. The highest BCUT2D eigenvalue weighted by Gasteiger charge is 2.21. The van der Waals surface area contributed by atoms with Crippen LogP contribution in [0.3, 0.4) is 0 Å². The molecule has 31 heavy (non-hydrogen) atoms. The molecule has 0 aromatic heterocycles. The Morgan fingerprint density at radius 1 is 1.03 bits per heavy atom. The summed E-state index contributed by atoms with van der Waals surface area (Å²) in [5.41, 5.74) is 5.65. The van der Waals surface area contributed by atoms with Gasteiger partial charge < -0.3 is 5.32 Å². The van der Waals surface area contributed by atoms with Gasteiger partial charge >= 0.3 is 0 Å². The van der Waals surface area contributed by atoms with Gasteiger partial charge in [-0.2, -0.15) is 0 Å². The lowest BCUT2D eigenvalue weighted by Crippen LogP contribution is -2.22. The van der Waals surface area contributed by atoms with Crippen LogP contribution in [0.15, 0.2) is 82.2 Å². The van der Waals surface area contributed by atoms with E-state index in [1.807, 2.05) is 36.6 Å². The van der Waals surface area contributed by atoms with Crippen molar-refractivity contribution in [1.82, 2.24) is 5.32 Å². The summed E-state index contributed by atoms with van der Waals surface area (Å²) >= 11 is 5.11. The fourth-order valence-electron chi connectivity index (χ4n) is 3.56. The highest BCUT2D eigenvalue weighted by Crippen LogP contribution is 2.38. The molecule has 0 heterocycles. The Labute approximate surface area is 194 Å². The topological polar surface area (TPSA) is 29.1 Å². The molecule has 0 saturated carbocycles. The van der Waals surface area contributed by atoms with E-state index in [1.54, 1.807) is 17.8 Å². The quantitative estimate of drug-likeness (QED) is 0.376. The summed E-state index contributed by atoms with van der Waals surface area (Å²) in [4.78, 5) is 13.8. The van der Waals surface area contributed by atoms with Gasteiger partial charge in [0.1, 0.15) is 5.82 Å². The van der Waals surface area contributed by atoms with E-state index < -0.39 is 0 Å². The summed E-state index contributed by atoms with van der Waals surface area (Å²) in [6, 6.07) is 20.9. The van der Waals surface area contributed by atoms with E-state index in [0.29, 0.717) is 6.54 Å². The van der Waals surface area contributed by atoms with Gasteiger partial charge in [0.05, 0.1) is 6.42 Å². The zero-order valence-electron chi connectivity index (χ0n) is 17.0. The van der Waals surface area contributed by atoms with E-state index in [4.69, 9.17) is 0 Å². The van der Waals surface area contributed by atoms with Gasteiger partial charge in [0.15, 0.2) is 0 Å². The number of thioether (sulfide) groups is 1. The molecule has 0 spiro atoms. The van der Waals surface area contributed by atoms with Crippen molar-refractivity contribution in [3.05, 3.63) is 105 Å². The first kappa shape index (κ1) is 21.6. The van der Waals surface area contributed by atoms with Crippen LogP contribution in [0.2, 0.25) is 0 Å². The van der Waals surface area contributed by atoms with Crippen LogP contribution in [0.5, 0.6) is 0 Å². The molecule has 4 rings (SSSR count). The zero-order valence-corrected chi connectivity index (χ0v) is 19.4. The number of allylic oxidation sites excluding steroid dienone is 2. The largest absolute Gasteiger partial charge is 0.352 e. The van der Waals surface area contributed by atoms with Crippen molar-refractivity contribution in [2.75, 3.05) is 6.26 Å². The van der Waals surface area contributed by atoms with Crippen LogP contribution < -0.4 is 5.32 Å². The number of nitrogens with one attached hydrogen (secondary N) is 1. The molecule has 0 fully saturated rings. The first-order valence-corrected chi connectivity index (χ1v) is 11.9. The van der Waals surface area contributed by atoms with Gasteiger partial charge in [-0.1, -0.05) is 46.3 Å². The molecule has 0 aliphatic heterocycles. The van der Waals surface area contributed by atoms with E-state index in [0.717, 1.165) is 37.9 Å². The van der Waals surface area contributed by atoms with Crippen molar-refractivity contribution in [1.29, 1.82) is 0 Å². The molecule has 5 heteroatoms. The Morgan fingerprint density at radius 3 is 2.48 bits per heavy atom. The van der Waals surface area contributed by atoms with Gasteiger partial charge in [-0.05, 0) is 88.2 Å². The average Bonchev–Trinajstić information content (AvgIpc) is 3.10. The molecular formula is C26H21BrFNOS. The van der Waals surface area contributed by atoms with Gasteiger partial charge in [-0.25, -0.2) is 4.39 Å². The van der Waals surface area contributed by atoms with Crippen molar-refractivity contribution in [3.63, 3.8) is 0 Å². The average molecular weight is 494 g/mol. The van der Waals surface area contributed by atoms with Gasteiger partial charge in [0, 0.05) is 15.9 Å². The summed E-state index contributed by atoms with van der Waals surface area (Å²) in [7, 11) is 0. The molecule has 0 atom stereocenters. The van der Waals surface area contributed by atoms with E-state index in [1.165, 1.54) is 17.0 Å². The van der Waals surface area contributed by atoms with Crippen LogP contribution in [0.25, 0.3) is 17.2 Å². The highest BCUT2D eigenvalue weighted by atomic mass is 79.9. The van der Waals surface area contributed by atoms with E-state index >= 15 is 0 Å². The smallest absolute Gasteiger partial charge is 0.224 e. The Bertz CT molecular complexity index is 1170. The van der Waals surface area contributed by atoms with Crippen molar-refractivity contribution in [2.24, 2.45) is 0 Å². The van der Waals surface area contributed by atoms with Crippen molar-refractivity contribution < 1.29 is 9.18 Å². The lowest BCUT2D eigenvalue weighted by atomic mass is 10.0. The predicted octanol–water partition coefficient (Wildman–Crippen LogP) is 6.95. The zero-order chi connectivity index (χ0) is 21.8. The van der Waals surface area contributed by atoms with Crippen LogP contribution in [0.1, 0.15) is 28.7 Å². The SMILES string of the molecule is CSc1ccc(/C=C2\C=C(CC(=O)NCc3ccc(Br)cc3)c3cc(F)ccc32)cc1. The number of benzene rings is 3. The maximum Gasteiger partial charge on any atom is 0.224 e. The first-order chi connectivity index (χ1) is 15.0. The minimum Gasteiger partial charge on any atom is -0.352 e. The van der Waals surface area contributed by atoms with Crippen LogP contribution in [0, 0.1) is 5.82 Å². The number of amides is 1. The molecule has 156 valence electrons. The molecule has 1 amide bonds. The number of hydrogen-bond donors (Lipinski definition) is 1. The molecule has 1 aliphatic rings. The molecule has 0 radical (unpaired) electrons. The number of hydrogen-bond acceptors (Lipinski definition) is 2. The minimum atomic E-state index is -0.300. The first-order valence-electron chi connectivity index (χ1n) is 9.89. The van der Waals surface area contributed by atoms with Crippen molar-refractivity contribution >= 4 is 50.8 Å². The summed E-state index contributed by atoms with van der Waals surface area (Å²) < 4.78 is 15.0. The highest BCUT2D eigenvalue weighted by molar-refractivity contribution is 9.10. The van der Waals surface area contributed by atoms with E-state index in [-0.39, 0.29) is 18.1 Å². The monoisotopic (exact) mass is 493 g/mol. The van der Waals surface area contributed by atoms with Crippen LogP contribution in [0.4, 0.5) is 4.39 Å². The van der Waals surface area contributed by atoms with Gasteiger partial charge in [0.2, 0.25) is 5.91 Å². The lowest BCUT2D eigenvalue weighted by molar-refractivity contribution is -0.120. The molecule has 3 aromatic carbocycles. The molecule has 1 aliphatic carbocycles. The van der Waals surface area contributed by atoms with Crippen molar-refractivity contribution in [2.45, 2.75) is 17.9 Å². The summed E-state index contributed by atoms with van der Waals surface area (Å²) in [6.07, 6.45) is 6.32. The Balaban J connectivity index is 1.53. The second-order valence-electron chi connectivity index (χ2n) is 7.31. The predicted molar refractivity (Wildman–Crippen MR) is 131 cm³/mol. The van der Waals surface area contributed by atoms with Crippen LogP contribution in [-0.2, 0) is 11.3 Å². The molecule has 0 bridgehead atoms. The van der Waals surface area contributed by atoms with E-state index in [2.05, 4.69) is 51.6 Å². The fourth-order valence-corrected chi connectivity index (χ4v) is 4.23. The summed E-state index contributed by atoms with van der Waals surface area (Å²) in [6.45, 7) is 0.458.